The van der Waals surface area contributed by atoms with E-state index in [1.165, 1.54) is 0 Å². The normalized spacial score (nSPS) is 13.0. The molecule has 0 aliphatic rings. The van der Waals surface area contributed by atoms with Crippen LogP contribution in [0.1, 0.15) is 25.0 Å². The number of rotatable bonds is 8. The summed E-state index contributed by atoms with van der Waals surface area (Å²) < 4.78 is 10.8. The molecule has 146 valence electrons. The van der Waals surface area contributed by atoms with Crippen LogP contribution in [0.4, 0.5) is 5.69 Å². The smallest absolute Gasteiger partial charge is 0.282 e. The van der Waals surface area contributed by atoms with Gasteiger partial charge in [-0.2, -0.15) is 0 Å². The summed E-state index contributed by atoms with van der Waals surface area (Å²) in [6.45, 7) is 7.15. The molecule has 0 bridgehead atoms. The maximum absolute atomic E-state index is 12.7. The number of carbonyl (C=O) groups excluding carboxylic acids is 1. The summed E-state index contributed by atoms with van der Waals surface area (Å²) in [7, 11) is 3.56. The van der Waals surface area contributed by atoms with E-state index in [4.69, 9.17) is 21.1 Å². The van der Waals surface area contributed by atoms with Crippen molar-refractivity contribution in [2.24, 2.45) is 0 Å². The lowest BCUT2D eigenvalue weighted by atomic mass is 10.1. The summed E-state index contributed by atoms with van der Waals surface area (Å²) in [4.78, 5) is 13.8. The van der Waals surface area contributed by atoms with Gasteiger partial charge in [0.25, 0.3) is 5.91 Å². The van der Waals surface area contributed by atoms with Gasteiger partial charge in [0.15, 0.2) is 6.04 Å². The van der Waals surface area contributed by atoms with Gasteiger partial charge in [-0.3, -0.25) is 4.79 Å². The Labute approximate surface area is 166 Å². The summed E-state index contributed by atoms with van der Waals surface area (Å²) >= 11 is 6.13. The first kappa shape index (κ1) is 21.1. The van der Waals surface area contributed by atoms with E-state index < -0.39 is 0 Å². The number of aryl methyl sites for hydroxylation is 1. The molecular weight excluding hydrogens is 364 g/mol. The molecule has 0 saturated heterocycles. The van der Waals surface area contributed by atoms with Gasteiger partial charge in [0.05, 0.1) is 26.5 Å². The van der Waals surface area contributed by atoms with E-state index in [2.05, 4.69) is 5.32 Å². The van der Waals surface area contributed by atoms with Crippen molar-refractivity contribution in [1.82, 2.24) is 0 Å². The van der Waals surface area contributed by atoms with Crippen LogP contribution >= 0.6 is 11.6 Å². The molecule has 2 rings (SSSR count). The molecule has 0 aliphatic carbocycles. The van der Waals surface area contributed by atoms with Crippen LogP contribution in [0, 0.1) is 6.92 Å². The Morgan fingerprint density at radius 3 is 2.52 bits per heavy atom. The van der Waals surface area contributed by atoms with Gasteiger partial charge in [0, 0.05) is 16.7 Å². The number of hydrogen-bond donors (Lipinski definition) is 2. The minimum atomic E-state index is -0.239. The van der Waals surface area contributed by atoms with Gasteiger partial charge in [-0.1, -0.05) is 11.6 Å². The summed E-state index contributed by atoms with van der Waals surface area (Å²) in [6.07, 6.45) is 0. The fourth-order valence-corrected chi connectivity index (χ4v) is 2.89. The number of carbonyl (C=O) groups is 1. The number of hydrogen-bond acceptors (Lipinski definition) is 3. The Bertz CT molecular complexity index is 778. The summed E-state index contributed by atoms with van der Waals surface area (Å²) in [5.41, 5.74) is 2.66. The van der Waals surface area contributed by atoms with Gasteiger partial charge in [0.1, 0.15) is 18.0 Å². The average molecular weight is 392 g/mol. The fraction of sp³-hybridized carbons (Fsp3) is 0.381. The molecule has 1 amide bonds. The lowest BCUT2D eigenvalue weighted by molar-refractivity contribution is -0.907. The first-order chi connectivity index (χ1) is 12.8. The predicted molar refractivity (Wildman–Crippen MR) is 109 cm³/mol. The van der Waals surface area contributed by atoms with Crippen LogP contribution in [-0.4, -0.2) is 32.7 Å². The standard InChI is InChI=1S/C21H27ClN2O3/c1-6-27-17-9-7-16(8-10-17)13-24(4)15(3)21(25)23-19-11-14(2)18(22)12-20(19)26-5/h7-12,15H,6,13H2,1-5H3,(H,23,25)/p+1/t15-/m1/s1. The predicted octanol–water partition coefficient (Wildman–Crippen LogP) is 3.10. The van der Waals surface area contributed by atoms with E-state index in [0.717, 1.165) is 28.3 Å². The van der Waals surface area contributed by atoms with E-state index in [0.29, 0.717) is 23.1 Å². The highest BCUT2D eigenvalue weighted by Gasteiger charge is 2.23. The Morgan fingerprint density at radius 1 is 1.26 bits per heavy atom. The lowest BCUT2D eigenvalue weighted by Crippen LogP contribution is -3.12. The third kappa shape index (κ3) is 5.62. The molecule has 2 atom stereocenters. The van der Waals surface area contributed by atoms with Gasteiger partial charge in [-0.25, -0.2) is 0 Å². The monoisotopic (exact) mass is 391 g/mol. The third-order valence-corrected chi connectivity index (χ3v) is 5.00. The SMILES string of the molecule is CCOc1ccc(C[NH+](C)[C@H](C)C(=O)Nc2cc(C)c(Cl)cc2OC)cc1. The Kier molecular flexibility index (Phi) is 7.51. The molecule has 0 saturated carbocycles. The highest BCUT2D eigenvalue weighted by molar-refractivity contribution is 6.31. The van der Waals surface area contributed by atoms with Gasteiger partial charge in [0.2, 0.25) is 0 Å². The van der Waals surface area contributed by atoms with Crippen molar-refractivity contribution >= 4 is 23.2 Å². The van der Waals surface area contributed by atoms with Gasteiger partial charge in [-0.05, 0) is 56.7 Å². The number of likely N-dealkylation sites (N-methyl/N-ethyl adjacent to an activating group) is 1. The number of anilines is 1. The van der Waals surface area contributed by atoms with Gasteiger partial charge >= 0.3 is 0 Å². The molecule has 0 spiro atoms. The van der Waals surface area contributed by atoms with E-state index >= 15 is 0 Å². The third-order valence-electron chi connectivity index (χ3n) is 4.59. The number of methoxy groups -OCH3 is 1. The van der Waals surface area contributed by atoms with Gasteiger partial charge in [-0.15, -0.1) is 0 Å². The topological polar surface area (TPSA) is 52.0 Å². The van der Waals surface area contributed by atoms with Crippen molar-refractivity contribution in [3.63, 3.8) is 0 Å². The molecule has 5 nitrogen and oxygen atoms in total. The number of benzene rings is 2. The van der Waals surface area contributed by atoms with E-state index in [1.54, 1.807) is 13.2 Å². The minimum Gasteiger partial charge on any atom is -0.495 e. The quantitative estimate of drug-likeness (QED) is 0.727. The molecule has 0 heterocycles. The van der Waals surface area contributed by atoms with Crippen LogP contribution in [0.2, 0.25) is 5.02 Å². The van der Waals surface area contributed by atoms with Crippen LogP contribution in [0.25, 0.3) is 0 Å². The summed E-state index contributed by atoms with van der Waals surface area (Å²) in [6, 6.07) is 11.3. The van der Waals surface area contributed by atoms with E-state index in [-0.39, 0.29) is 11.9 Å². The van der Waals surface area contributed by atoms with E-state index in [9.17, 15) is 4.79 Å². The highest BCUT2D eigenvalue weighted by Crippen LogP contribution is 2.30. The first-order valence-corrected chi connectivity index (χ1v) is 9.42. The van der Waals surface area contributed by atoms with Crippen LogP contribution in [0.5, 0.6) is 11.5 Å². The molecule has 0 aromatic heterocycles. The van der Waals surface area contributed by atoms with Crippen molar-refractivity contribution < 1.29 is 19.2 Å². The highest BCUT2D eigenvalue weighted by atomic mass is 35.5. The van der Waals surface area contributed by atoms with Crippen molar-refractivity contribution in [2.45, 2.75) is 33.4 Å². The van der Waals surface area contributed by atoms with Crippen molar-refractivity contribution in [3.8, 4) is 11.5 Å². The maximum Gasteiger partial charge on any atom is 0.282 e. The average Bonchev–Trinajstić information content (AvgIpc) is 2.65. The number of halogens is 1. The Morgan fingerprint density at radius 2 is 1.93 bits per heavy atom. The lowest BCUT2D eigenvalue weighted by Gasteiger charge is -2.22. The molecule has 0 fully saturated rings. The summed E-state index contributed by atoms with van der Waals surface area (Å²) in [5, 5.41) is 3.57. The van der Waals surface area contributed by atoms with Crippen molar-refractivity contribution in [1.29, 1.82) is 0 Å². The van der Waals surface area contributed by atoms with Crippen LogP contribution in [-0.2, 0) is 11.3 Å². The van der Waals surface area contributed by atoms with Crippen LogP contribution < -0.4 is 19.7 Å². The fourth-order valence-electron chi connectivity index (χ4n) is 2.74. The number of amides is 1. The molecule has 2 aromatic rings. The van der Waals surface area contributed by atoms with Crippen LogP contribution in [0.3, 0.4) is 0 Å². The second kappa shape index (κ2) is 9.62. The van der Waals surface area contributed by atoms with E-state index in [1.807, 2.05) is 58.2 Å². The molecule has 2 N–H and O–H groups in total. The minimum absolute atomic E-state index is 0.0709. The Hall–Kier alpha value is -2.24. The molecule has 0 radical (unpaired) electrons. The first-order valence-electron chi connectivity index (χ1n) is 9.04. The van der Waals surface area contributed by atoms with Crippen molar-refractivity contribution in [2.75, 3.05) is 26.1 Å². The van der Waals surface area contributed by atoms with Crippen molar-refractivity contribution in [3.05, 3.63) is 52.5 Å². The van der Waals surface area contributed by atoms with Gasteiger partial charge < -0.3 is 19.7 Å². The molecular formula is C21H28ClN2O3+. The molecule has 2 aromatic carbocycles. The molecule has 27 heavy (non-hydrogen) atoms. The zero-order chi connectivity index (χ0) is 20.0. The second-order valence-corrected chi connectivity index (χ2v) is 7.02. The second-order valence-electron chi connectivity index (χ2n) is 6.61. The molecule has 6 heteroatoms. The number of ether oxygens (including phenoxy) is 2. The zero-order valence-electron chi connectivity index (χ0n) is 16.6. The Balaban J connectivity index is 2.02. The molecule has 1 unspecified atom stereocenters. The zero-order valence-corrected chi connectivity index (χ0v) is 17.3. The largest absolute Gasteiger partial charge is 0.495 e. The summed E-state index contributed by atoms with van der Waals surface area (Å²) in [5.74, 6) is 1.34. The van der Waals surface area contributed by atoms with Crippen LogP contribution in [0.15, 0.2) is 36.4 Å². The molecule has 0 aliphatic heterocycles. The maximum atomic E-state index is 12.7. The number of quaternary nitrogens is 1. The number of nitrogens with one attached hydrogen (secondary N) is 2.